The molecule has 0 atom stereocenters. The van der Waals surface area contributed by atoms with Gasteiger partial charge in [0.2, 0.25) is 0 Å². The first-order valence-electron chi connectivity index (χ1n) is 12.1. The molecule has 0 bridgehead atoms. The Bertz CT molecular complexity index is 291. The van der Waals surface area contributed by atoms with Gasteiger partial charge in [-0.15, -0.1) is 0 Å². The fraction of sp³-hybridized carbons (Fsp3) is 0.958. The number of aliphatic hydroxyl groups excluding tert-OH is 1. The summed E-state index contributed by atoms with van der Waals surface area (Å²) in [5.74, 6) is -0.0000970. The van der Waals surface area contributed by atoms with Crippen molar-refractivity contribution in [2.24, 2.45) is 0 Å². The van der Waals surface area contributed by atoms with Gasteiger partial charge < -0.3 is 9.84 Å². The highest BCUT2D eigenvalue weighted by Gasteiger charge is 2.02. The largest absolute Gasteiger partial charge is 0.466 e. The maximum atomic E-state index is 11.6. The highest BCUT2D eigenvalue weighted by Crippen LogP contribution is 2.14. The molecule has 0 rings (SSSR count). The molecule has 0 heterocycles. The van der Waals surface area contributed by atoms with Crippen LogP contribution in [0.15, 0.2) is 0 Å². The minimum absolute atomic E-state index is 0.0000970. The van der Waals surface area contributed by atoms with Crippen LogP contribution in [0.3, 0.4) is 0 Å². The second kappa shape index (κ2) is 23.5. The van der Waals surface area contributed by atoms with Crippen molar-refractivity contribution < 1.29 is 14.6 Å². The van der Waals surface area contributed by atoms with E-state index in [2.05, 4.69) is 6.92 Å². The number of esters is 1. The van der Waals surface area contributed by atoms with Crippen LogP contribution in [-0.2, 0) is 9.53 Å². The van der Waals surface area contributed by atoms with Gasteiger partial charge in [-0.25, -0.2) is 0 Å². The fourth-order valence-corrected chi connectivity index (χ4v) is 3.47. The molecule has 0 aromatic carbocycles. The maximum Gasteiger partial charge on any atom is 0.305 e. The van der Waals surface area contributed by atoms with Crippen molar-refractivity contribution in [3.05, 3.63) is 0 Å². The lowest BCUT2D eigenvalue weighted by Gasteiger charge is -2.05. The molecule has 0 fully saturated rings. The van der Waals surface area contributed by atoms with E-state index in [0.29, 0.717) is 19.6 Å². The minimum atomic E-state index is -0.0000970. The average Bonchev–Trinajstić information content (AvgIpc) is 2.67. The SMILES string of the molecule is CCCCCCOC(=O)CCCCCCCCCCCCCCCCCO. The Kier molecular flexibility index (Phi) is 23.0. The summed E-state index contributed by atoms with van der Waals surface area (Å²) >= 11 is 0. The van der Waals surface area contributed by atoms with Crippen LogP contribution in [0.4, 0.5) is 0 Å². The molecule has 3 heteroatoms. The Balaban J connectivity index is 3.09. The Morgan fingerprint density at radius 1 is 0.593 bits per heavy atom. The number of aliphatic hydroxyl groups is 1. The molecule has 0 aliphatic rings. The molecule has 0 spiro atoms. The molecule has 162 valence electrons. The highest BCUT2D eigenvalue weighted by atomic mass is 16.5. The van der Waals surface area contributed by atoms with Gasteiger partial charge >= 0.3 is 5.97 Å². The Labute approximate surface area is 169 Å². The van der Waals surface area contributed by atoms with Gasteiger partial charge in [-0.05, 0) is 19.3 Å². The lowest BCUT2D eigenvalue weighted by molar-refractivity contribution is -0.143. The predicted molar refractivity (Wildman–Crippen MR) is 116 cm³/mol. The van der Waals surface area contributed by atoms with E-state index in [9.17, 15) is 4.79 Å². The van der Waals surface area contributed by atoms with E-state index in [0.717, 1.165) is 19.3 Å². The van der Waals surface area contributed by atoms with E-state index in [1.54, 1.807) is 0 Å². The van der Waals surface area contributed by atoms with E-state index in [4.69, 9.17) is 9.84 Å². The second-order valence-corrected chi connectivity index (χ2v) is 8.06. The molecule has 1 N–H and O–H groups in total. The van der Waals surface area contributed by atoms with Crippen molar-refractivity contribution >= 4 is 5.97 Å². The molecule has 27 heavy (non-hydrogen) atoms. The Hall–Kier alpha value is -0.570. The molecular weight excluding hydrogens is 336 g/mol. The third-order valence-corrected chi connectivity index (χ3v) is 5.30. The molecule has 0 radical (unpaired) electrons. The normalized spacial score (nSPS) is 11.0. The maximum absolute atomic E-state index is 11.6. The van der Waals surface area contributed by atoms with Crippen molar-refractivity contribution in [2.45, 2.75) is 135 Å². The van der Waals surface area contributed by atoms with Crippen molar-refractivity contribution in [3.63, 3.8) is 0 Å². The van der Waals surface area contributed by atoms with E-state index in [1.807, 2.05) is 0 Å². The van der Waals surface area contributed by atoms with Crippen LogP contribution in [0.5, 0.6) is 0 Å². The number of carbonyl (C=O) groups is 1. The minimum Gasteiger partial charge on any atom is -0.466 e. The average molecular weight is 385 g/mol. The number of rotatable bonds is 22. The summed E-state index contributed by atoms with van der Waals surface area (Å²) in [5.41, 5.74) is 0. The number of unbranched alkanes of at least 4 members (excludes halogenated alkanes) is 17. The molecule has 0 amide bonds. The van der Waals surface area contributed by atoms with Crippen molar-refractivity contribution in [3.8, 4) is 0 Å². The van der Waals surface area contributed by atoms with E-state index in [1.165, 1.54) is 103 Å². The van der Waals surface area contributed by atoms with Crippen LogP contribution in [0.1, 0.15) is 135 Å². The second-order valence-electron chi connectivity index (χ2n) is 8.06. The first-order valence-corrected chi connectivity index (χ1v) is 12.1. The van der Waals surface area contributed by atoms with Gasteiger partial charge in [0.25, 0.3) is 0 Å². The smallest absolute Gasteiger partial charge is 0.305 e. The molecule has 0 unspecified atom stereocenters. The van der Waals surface area contributed by atoms with Crippen molar-refractivity contribution in [2.75, 3.05) is 13.2 Å². The summed E-state index contributed by atoms with van der Waals surface area (Å²) < 4.78 is 5.26. The zero-order chi connectivity index (χ0) is 19.8. The fourth-order valence-electron chi connectivity index (χ4n) is 3.47. The van der Waals surface area contributed by atoms with E-state index in [-0.39, 0.29) is 5.97 Å². The first-order chi connectivity index (χ1) is 13.3. The first kappa shape index (κ1) is 26.4. The van der Waals surface area contributed by atoms with Gasteiger partial charge in [-0.3, -0.25) is 4.79 Å². The molecule has 0 saturated carbocycles. The quantitative estimate of drug-likeness (QED) is 0.157. The van der Waals surface area contributed by atoms with Crippen LogP contribution < -0.4 is 0 Å². The molecule has 0 saturated heterocycles. The third kappa shape index (κ3) is 23.4. The van der Waals surface area contributed by atoms with Gasteiger partial charge in [0, 0.05) is 13.0 Å². The lowest BCUT2D eigenvalue weighted by Crippen LogP contribution is -2.05. The number of ether oxygens (including phenoxy) is 1. The van der Waals surface area contributed by atoms with E-state index < -0.39 is 0 Å². The topological polar surface area (TPSA) is 46.5 Å². The summed E-state index contributed by atoms with van der Waals surface area (Å²) in [6, 6.07) is 0. The van der Waals surface area contributed by atoms with Gasteiger partial charge in [0.15, 0.2) is 0 Å². The van der Waals surface area contributed by atoms with Crippen molar-refractivity contribution in [1.29, 1.82) is 0 Å². The Morgan fingerprint density at radius 2 is 1.00 bits per heavy atom. The highest BCUT2D eigenvalue weighted by molar-refractivity contribution is 5.69. The molecule has 0 aromatic heterocycles. The molecule has 0 aliphatic heterocycles. The number of carbonyl (C=O) groups excluding carboxylic acids is 1. The number of hydrogen-bond donors (Lipinski definition) is 1. The van der Waals surface area contributed by atoms with E-state index >= 15 is 0 Å². The van der Waals surface area contributed by atoms with Gasteiger partial charge in [0.05, 0.1) is 6.61 Å². The van der Waals surface area contributed by atoms with Crippen LogP contribution in [0.25, 0.3) is 0 Å². The van der Waals surface area contributed by atoms with Crippen LogP contribution >= 0.6 is 0 Å². The summed E-state index contributed by atoms with van der Waals surface area (Å²) in [5, 5.41) is 8.72. The van der Waals surface area contributed by atoms with Gasteiger partial charge in [0.1, 0.15) is 0 Å². The molecular formula is C24H48O3. The van der Waals surface area contributed by atoms with Gasteiger partial charge in [-0.1, -0.05) is 110 Å². The Morgan fingerprint density at radius 3 is 1.44 bits per heavy atom. The summed E-state index contributed by atoms with van der Waals surface area (Å²) in [4.78, 5) is 11.6. The van der Waals surface area contributed by atoms with Crippen LogP contribution in [-0.4, -0.2) is 24.3 Å². The molecule has 0 aromatic rings. The summed E-state index contributed by atoms with van der Waals surface area (Å²) in [6.45, 7) is 3.16. The molecule has 3 nitrogen and oxygen atoms in total. The zero-order valence-corrected chi connectivity index (χ0v) is 18.3. The number of hydrogen-bond acceptors (Lipinski definition) is 3. The van der Waals surface area contributed by atoms with Crippen LogP contribution in [0, 0.1) is 0 Å². The predicted octanol–water partition coefficient (Wildman–Crippen LogP) is 7.34. The van der Waals surface area contributed by atoms with Gasteiger partial charge in [-0.2, -0.15) is 0 Å². The molecule has 0 aliphatic carbocycles. The summed E-state index contributed by atoms with van der Waals surface area (Å²) in [7, 11) is 0. The van der Waals surface area contributed by atoms with Crippen LogP contribution in [0.2, 0.25) is 0 Å². The monoisotopic (exact) mass is 384 g/mol. The standard InChI is InChI=1S/C24H48O3/c1-2-3-4-20-23-27-24(26)21-18-16-14-12-10-8-6-5-7-9-11-13-15-17-19-22-25/h25H,2-23H2,1H3. The lowest BCUT2D eigenvalue weighted by atomic mass is 10.0. The van der Waals surface area contributed by atoms with Crippen molar-refractivity contribution in [1.82, 2.24) is 0 Å². The zero-order valence-electron chi connectivity index (χ0n) is 18.3. The third-order valence-electron chi connectivity index (χ3n) is 5.30. The summed E-state index contributed by atoms with van der Waals surface area (Å²) in [6.07, 6.45) is 24.4.